The van der Waals surface area contributed by atoms with Crippen LogP contribution in [0.3, 0.4) is 0 Å². The van der Waals surface area contributed by atoms with Crippen molar-refractivity contribution in [3.8, 4) is 0 Å². The van der Waals surface area contributed by atoms with Crippen LogP contribution < -0.4 is 5.48 Å². The van der Waals surface area contributed by atoms with Gasteiger partial charge >= 0.3 is 76.0 Å². The molecule has 0 radical (unpaired) electrons. The van der Waals surface area contributed by atoms with Gasteiger partial charge in [-0.1, -0.05) is 0 Å². The van der Waals surface area contributed by atoms with Crippen molar-refractivity contribution < 1.29 is 13.6 Å². The molecule has 0 fully saturated rings. The number of benzene rings is 1. The van der Waals surface area contributed by atoms with Crippen molar-refractivity contribution in [2.45, 2.75) is 48.4 Å². The maximum atomic E-state index is 12.6. The number of rotatable bonds is 7. The fourth-order valence-electron chi connectivity index (χ4n) is 1.59. The first kappa shape index (κ1) is 21.6. The number of carbonyl (C=O) groups is 1. The van der Waals surface area contributed by atoms with Gasteiger partial charge in [0.1, 0.15) is 11.6 Å². The number of hydroxylamine groups is 1. The van der Waals surface area contributed by atoms with Gasteiger partial charge in [-0.15, -0.1) is 0 Å². The molecule has 124 valence electrons. The number of nitrogens with one attached hydrogen (secondary N) is 1. The molecule has 0 saturated heterocycles. The Balaban J connectivity index is 0.000000409. The van der Waals surface area contributed by atoms with E-state index < -0.39 is 41.7 Å². The van der Waals surface area contributed by atoms with Crippen molar-refractivity contribution in [3.05, 3.63) is 40.6 Å². The quantitative estimate of drug-likeness (QED) is 0.479. The molecule has 0 aliphatic carbocycles. The van der Waals surface area contributed by atoms with E-state index in [1.165, 1.54) is 34.6 Å². The van der Waals surface area contributed by atoms with E-state index in [0.717, 1.165) is 17.6 Å². The zero-order valence-electron chi connectivity index (χ0n) is 12.9. The minimum absolute atomic E-state index is 0.593. The van der Waals surface area contributed by atoms with Crippen LogP contribution in [0.2, 0.25) is 8.87 Å². The molecule has 1 amide bonds. The number of unbranched alkanes of at least 4 members (excludes halogenated alkanes) is 2. The van der Waals surface area contributed by atoms with Crippen molar-refractivity contribution in [2.24, 2.45) is 0 Å². The van der Waals surface area contributed by atoms with Crippen molar-refractivity contribution in [3.63, 3.8) is 0 Å². The van der Waals surface area contributed by atoms with Crippen LogP contribution in [0.4, 0.5) is 8.78 Å². The van der Waals surface area contributed by atoms with Crippen molar-refractivity contribution >= 4 is 33.5 Å². The molecule has 0 heterocycles. The molecule has 0 aromatic heterocycles. The number of halogens is 3. The number of amides is 1. The molecule has 0 unspecified atom stereocenters. The zero-order chi connectivity index (χ0) is 17.0. The molecular weight excluding hydrogens is 418 g/mol. The number of carbonyl (C=O) groups excluding carboxylic acids is 1. The monoisotopic (exact) mass is 441 g/mol. The molecule has 1 aromatic rings. The first-order valence-corrected chi connectivity index (χ1v) is 15.0. The molecule has 0 atom stereocenters. The largest absolute Gasteiger partial charge is 0.759 e. The Morgan fingerprint density at radius 3 is 2.23 bits per heavy atom. The van der Waals surface area contributed by atoms with Gasteiger partial charge in [0.15, 0.2) is 0 Å². The van der Waals surface area contributed by atoms with E-state index >= 15 is 0 Å². The topological polar surface area (TPSA) is 52.2 Å². The van der Waals surface area contributed by atoms with Crippen LogP contribution in [0.5, 0.6) is 0 Å². The average Bonchev–Trinajstić information content (AvgIpc) is 2.53. The molecule has 0 aliphatic rings. The second-order valence-corrected chi connectivity index (χ2v) is 14.2. The Labute approximate surface area is 141 Å². The average molecular weight is 441 g/mol. The van der Waals surface area contributed by atoms with Gasteiger partial charge in [0, 0.05) is 0 Å². The van der Waals surface area contributed by atoms with E-state index in [1.807, 2.05) is 0 Å². The van der Waals surface area contributed by atoms with E-state index in [4.69, 9.17) is 8.92 Å². The molecular formula is C15H22ClF2NO2Sn. The molecule has 22 heavy (non-hydrogen) atoms. The van der Waals surface area contributed by atoms with Gasteiger partial charge in [-0.05, 0) is 18.2 Å². The molecule has 0 bridgehead atoms. The van der Waals surface area contributed by atoms with E-state index in [1.54, 1.807) is 0 Å². The van der Waals surface area contributed by atoms with Gasteiger partial charge in [-0.25, -0.2) is 8.78 Å². The molecule has 1 N–H and O–H groups in total. The summed E-state index contributed by atoms with van der Waals surface area (Å²) < 4.78 is 27.8. The summed E-state index contributed by atoms with van der Waals surface area (Å²) in [5.74, 6) is -2.88. The van der Waals surface area contributed by atoms with Crippen LogP contribution in [0.1, 0.15) is 49.9 Å². The second-order valence-electron chi connectivity index (χ2n) is 4.78. The SMILES string of the molecule is CCC[CH2][Sn+]([Cl])[CH2]CCC.O=C(N[O-])c1cc(F)ccc1F. The predicted octanol–water partition coefficient (Wildman–Crippen LogP) is 5.01. The van der Waals surface area contributed by atoms with E-state index in [2.05, 4.69) is 13.8 Å². The van der Waals surface area contributed by atoms with Gasteiger partial charge in [0.05, 0.1) is 5.56 Å². The summed E-state index contributed by atoms with van der Waals surface area (Å²) >= 11 is -1.27. The standard InChI is InChI=1S/C7H4F2NO2.2C4H9.ClH.Sn/c8-4-1-2-6(9)5(3-4)7(11)10-12;2*1-3-4-2;;/h1-3H,(H-,10,11,12);2*1,3-4H2,2H3;1H;/q-1;;;;+2/p-1. The van der Waals surface area contributed by atoms with Crippen molar-refractivity contribution in [1.82, 2.24) is 5.48 Å². The molecule has 0 spiro atoms. The summed E-state index contributed by atoms with van der Waals surface area (Å²) in [4.78, 5) is 10.6. The maximum absolute atomic E-state index is 12.6. The molecule has 0 aliphatic heterocycles. The summed E-state index contributed by atoms with van der Waals surface area (Å²) in [5, 5.41) is 9.81. The third-order valence-corrected chi connectivity index (χ3v) is 10.5. The minimum Gasteiger partial charge on any atom is -0.759 e. The Morgan fingerprint density at radius 1 is 1.23 bits per heavy atom. The van der Waals surface area contributed by atoms with Crippen LogP contribution in [0, 0.1) is 16.8 Å². The van der Waals surface area contributed by atoms with Crippen molar-refractivity contribution in [2.75, 3.05) is 0 Å². The van der Waals surface area contributed by atoms with Gasteiger partial charge in [-0.3, -0.25) is 4.79 Å². The van der Waals surface area contributed by atoms with Crippen LogP contribution in [0.15, 0.2) is 18.2 Å². The van der Waals surface area contributed by atoms with E-state index in [9.17, 15) is 18.8 Å². The predicted molar refractivity (Wildman–Crippen MR) is 88.2 cm³/mol. The Bertz CT molecular complexity index is 442. The molecule has 1 aromatic carbocycles. The van der Waals surface area contributed by atoms with Gasteiger partial charge in [0.25, 0.3) is 0 Å². The normalized spacial score (nSPS) is 9.73. The zero-order valence-corrected chi connectivity index (χ0v) is 16.5. The molecule has 0 saturated carbocycles. The second kappa shape index (κ2) is 13.1. The van der Waals surface area contributed by atoms with Crippen LogP contribution in [0.25, 0.3) is 0 Å². The van der Waals surface area contributed by atoms with Crippen LogP contribution in [-0.4, -0.2) is 24.5 Å². The fourth-order valence-corrected chi connectivity index (χ4v) is 8.30. The van der Waals surface area contributed by atoms with Crippen molar-refractivity contribution in [1.29, 1.82) is 0 Å². The minimum atomic E-state index is -1.27. The van der Waals surface area contributed by atoms with Gasteiger partial charge < -0.3 is 10.7 Å². The summed E-state index contributed by atoms with van der Waals surface area (Å²) in [6, 6.07) is 2.29. The van der Waals surface area contributed by atoms with E-state index in [-0.39, 0.29) is 0 Å². The van der Waals surface area contributed by atoms with Gasteiger partial charge in [0.2, 0.25) is 5.91 Å². The summed E-state index contributed by atoms with van der Waals surface area (Å²) in [5.41, 5.74) is 0.361. The maximum Gasteiger partial charge on any atom is 0.243 e. The number of hydrogen-bond acceptors (Lipinski definition) is 2. The molecule has 3 nitrogen and oxygen atoms in total. The van der Waals surface area contributed by atoms with Crippen LogP contribution >= 0.6 is 8.92 Å². The summed E-state index contributed by atoms with van der Waals surface area (Å²) in [6.45, 7) is 4.49. The third kappa shape index (κ3) is 9.58. The first-order valence-electron chi connectivity index (χ1n) is 7.33. The Morgan fingerprint density at radius 2 is 1.77 bits per heavy atom. The Kier molecular flexibility index (Phi) is 12.8. The first-order chi connectivity index (χ1) is 10.5. The summed E-state index contributed by atoms with van der Waals surface area (Å²) in [6.07, 6.45) is 5.40. The number of hydrogen-bond donors (Lipinski definition) is 1. The third-order valence-electron chi connectivity index (χ3n) is 2.87. The fraction of sp³-hybridized carbons (Fsp3) is 0.533. The van der Waals surface area contributed by atoms with Gasteiger partial charge in [-0.2, -0.15) is 0 Å². The molecule has 7 heteroatoms. The smallest absolute Gasteiger partial charge is 0.243 e. The molecule has 1 rings (SSSR count). The van der Waals surface area contributed by atoms with Crippen LogP contribution in [-0.2, 0) is 0 Å². The summed E-state index contributed by atoms with van der Waals surface area (Å²) in [7, 11) is 6.24. The van der Waals surface area contributed by atoms with E-state index in [0.29, 0.717) is 6.07 Å². The Hall–Kier alpha value is -0.401.